The first-order valence-corrected chi connectivity index (χ1v) is 9.99. The molecule has 6 nitrogen and oxygen atoms in total. The molecule has 3 N–H and O–H groups in total. The predicted octanol–water partition coefficient (Wildman–Crippen LogP) is 2.69. The molecule has 2 aromatic carbocycles. The largest absolute Gasteiger partial charge is 0.340 e. The van der Waals surface area contributed by atoms with Crippen molar-refractivity contribution in [1.82, 2.24) is 16.2 Å². The van der Waals surface area contributed by atoms with E-state index in [4.69, 9.17) is 0 Å². The summed E-state index contributed by atoms with van der Waals surface area (Å²) in [5.41, 5.74) is 6.42. The third-order valence-corrected chi connectivity index (χ3v) is 5.00. The molecule has 28 heavy (non-hydrogen) atoms. The highest BCUT2D eigenvalue weighted by atomic mass is 32.2. The highest BCUT2D eigenvalue weighted by Crippen LogP contribution is 2.17. The van der Waals surface area contributed by atoms with Gasteiger partial charge in [0.05, 0.1) is 5.75 Å². The molecule has 0 bridgehead atoms. The Morgan fingerprint density at radius 3 is 2.18 bits per heavy atom. The molecule has 1 unspecified atom stereocenters. The number of amides is 3. The molecule has 1 atom stereocenters. The number of thioether (sulfide) groups is 1. The van der Waals surface area contributed by atoms with Crippen LogP contribution in [0.1, 0.15) is 29.8 Å². The standard InChI is InChI=1S/C21H25N3O3S/c1-14(2)19(22-20(26)16-7-5-4-6-8-16)21(27)24-23-18(25)13-28-17-11-9-15(3)10-12-17/h4-12,14,19H,13H2,1-3H3,(H,22,26)(H,23,25)(H,24,27). The Morgan fingerprint density at radius 2 is 1.57 bits per heavy atom. The van der Waals surface area contributed by atoms with Gasteiger partial charge in [-0.05, 0) is 37.1 Å². The molecule has 0 heterocycles. The van der Waals surface area contributed by atoms with E-state index < -0.39 is 11.9 Å². The molecule has 0 aliphatic heterocycles. The number of aryl methyl sites for hydroxylation is 1. The Hall–Kier alpha value is -2.80. The van der Waals surface area contributed by atoms with E-state index in [9.17, 15) is 14.4 Å². The van der Waals surface area contributed by atoms with Crippen LogP contribution in [0, 0.1) is 12.8 Å². The Bertz CT molecular complexity index is 807. The van der Waals surface area contributed by atoms with Crippen LogP contribution in [0.3, 0.4) is 0 Å². The van der Waals surface area contributed by atoms with Gasteiger partial charge in [0.1, 0.15) is 6.04 Å². The minimum absolute atomic E-state index is 0.147. The summed E-state index contributed by atoms with van der Waals surface area (Å²) < 4.78 is 0. The fourth-order valence-electron chi connectivity index (χ4n) is 2.38. The molecule has 0 aromatic heterocycles. The van der Waals surface area contributed by atoms with E-state index in [0.29, 0.717) is 5.56 Å². The average molecular weight is 400 g/mol. The molecule has 2 rings (SSSR count). The van der Waals surface area contributed by atoms with Crippen molar-refractivity contribution in [2.45, 2.75) is 31.7 Å². The van der Waals surface area contributed by atoms with Crippen LogP contribution >= 0.6 is 11.8 Å². The number of carbonyl (C=O) groups is 3. The zero-order valence-electron chi connectivity index (χ0n) is 16.2. The van der Waals surface area contributed by atoms with E-state index >= 15 is 0 Å². The smallest absolute Gasteiger partial charge is 0.261 e. The van der Waals surface area contributed by atoms with E-state index in [0.717, 1.165) is 10.5 Å². The lowest BCUT2D eigenvalue weighted by Crippen LogP contribution is -2.54. The maximum atomic E-state index is 12.4. The second kappa shape index (κ2) is 10.5. The molecule has 0 spiro atoms. The maximum Gasteiger partial charge on any atom is 0.261 e. The normalized spacial score (nSPS) is 11.6. The molecule has 0 aliphatic rings. The van der Waals surface area contributed by atoms with Crippen LogP contribution in [0.5, 0.6) is 0 Å². The summed E-state index contributed by atoms with van der Waals surface area (Å²) in [7, 11) is 0. The SMILES string of the molecule is Cc1ccc(SCC(=O)NNC(=O)C(NC(=O)c2ccccc2)C(C)C)cc1. The Labute approximate surface area is 169 Å². The summed E-state index contributed by atoms with van der Waals surface area (Å²) in [4.78, 5) is 37.7. The Kier molecular flexibility index (Phi) is 8.07. The summed E-state index contributed by atoms with van der Waals surface area (Å²) >= 11 is 1.38. The summed E-state index contributed by atoms with van der Waals surface area (Å²) in [5.74, 6) is -1.10. The summed E-state index contributed by atoms with van der Waals surface area (Å²) in [6.07, 6.45) is 0. The van der Waals surface area contributed by atoms with Crippen LogP contribution in [-0.2, 0) is 9.59 Å². The van der Waals surface area contributed by atoms with Crippen LogP contribution < -0.4 is 16.2 Å². The van der Waals surface area contributed by atoms with E-state index in [2.05, 4.69) is 16.2 Å². The molecular formula is C21H25N3O3S. The number of hydrogen-bond acceptors (Lipinski definition) is 4. The van der Waals surface area contributed by atoms with Crippen molar-refractivity contribution in [3.05, 3.63) is 65.7 Å². The van der Waals surface area contributed by atoms with Crippen LogP contribution in [0.2, 0.25) is 0 Å². The predicted molar refractivity (Wildman–Crippen MR) is 111 cm³/mol. The number of rotatable bonds is 7. The van der Waals surface area contributed by atoms with Crippen LogP contribution in [-0.4, -0.2) is 29.5 Å². The number of benzene rings is 2. The zero-order valence-corrected chi connectivity index (χ0v) is 17.0. The van der Waals surface area contributed by atoms with Crippen molar-refractivity contribution in [2.75, 3.05) is 5.75 Å². The molecule has 0 radical (unpaired) electrons. The van der Waals surface area contributed by atoms with Crippen molar-refractivity contribution < 1.29 is 14.4 Å². The monoisotopic (exact) mass is 399 g/mol. The lowest BCUT2D eigenvalue weighted by Gasteiger charge is -2.21. The van der Waals surface area contributed by atoms with Gasteiger partial charge in [-0.3, -0.25) is 25.2 Å². The van der Waals surface area contributed by atoms with Gasteiger partial charge in [-0.15, -0.1) is 11.8 Å². The van der Waals surface area contributed by atoms with Crippen molar-refractivity contribution >= 4 is 29.5 Å². The maximum absolute atomic E-state index is 12.4. The molecule has 148 valence electrons. The summed E-state index contributed by atoms with van der Waals surface area (Å²) in [6.45, 7) is 5.65. The minimum atomic E-state index is -0.766. The average Bonchev–Trinajstić information content (AvgIpc) is 2.70. The third-order valence-electron chi connectivity index (χ3n) is 3.99. The molecule has 0 saturated carbocycles. The van der Waals surface area contributed by atoms with E-state index in [1.165, 1.54) is 11.8 Å². The fourth-order valence-corrected chi connectivity index (χ4v) is 3.08. The number of carbonyl (C=O) groups excluding carboxylic acids is 3. The Balaban J connectivity index is 1.83. The van der Waals surface area contributed by atoms with Gasteiger partial charge in [-0.1, -0.05) is 49.7 Å². The van der Waals surface area contributed by atoms with Gasteiger partial charge in [0.25, 0.3) is 11.8 Å². The van der Waals surface area contributed by atoms with E-state index in [1.54, 1.807) is 24.3 Å². The molecule has 0 aliphatic carbocycles. The van der Waals surface area contributed by atoms with Crippen molar-refractivity contribution in [3.8, 4) is 0 Å². The van der Waals surface area contributed by atoms with Gasteiger partial charge in [0.2, 0.25) is 5.91 Å². The van der Waals surface area contributed by atoms with Crippen molar-refractivity contribution in [3.63, 3.8) is 0 Å². The van der Waals surface area contributed by atoms with Crippen LogP contribution in [0.15, 0.2) is 59.5 Å². The first-order chi connectivity index (χ1) is 13.4. The van der Waals surface area contributed by atoms with Crippen LogP contribution in [0.25, 0.3) is 0 Å². The molecule has 0 saturated heterocycles. The third kappa shape index (κ3) is 6.74. The number of hydrogen-bond donors (Lipinski definition) is 3. The molecule has 3 amide bonds. The lowest BCUT2D eigenvalue weighted by molar-refractivity contribution is -0.129. The molecular weight excluding hydrogens is 374 g/mol. The van der Waals surface area contributed by atoms with Crippen molar-refractivity contribution in [2.24, 2.45) is 5.92 Å². The van der Waals surface area contributed by atoms with E-state index in [-0.39, 0.29) is 23.5 Å². The molecule has 7 heteroatoms. The Morgan fingerprint density at radius 1 is 0.929 bits per heavy atom. The molecule has 0 fully saturated rings. The van der Waals surface area contributed by atoms with E-state index in [1.807, 2.05) is 51.1 Å². The fraction of sp³-hybridized carbons (Fsp3) is 0.286. The van der Waals surface area contributed by atoms with Gasteiger partial charge in [0, 0.05) is 10.5 Å². The van der Waals surface area contributed by atoms with Crippen LogP contribution in [0.4, 0.5) is 0 Å². The lowest BCUT2D eigenvalue weighted by atomic mass is 10.0. The van der Waals surface area contributed by atoms with Gasteiger partial charge >= 0.3 is 0 Å². The number of hydrazine groups is 1. The molecule has 2 aromatic rings. The summed E-state index contributed by atoms with van der Waals surface area (Å²) in [6, 6.07) is 15.8. The first kappa shape index (κ1) is 21.5. The second-order valence-corrected chi connectivity index (χ2v) is 7.75. The van der Waals surface area contributed by atoms with Gasteiger partial charge in [0.15, 0.2) is 0 Å². The number of nitrogens with one attached hydrogen (secondary N) is 3. The highest BCUT2D eigenvalue weighted by Gasteiger charge is 2.25. The first-order valence-electron chi connectivity index (χ1n) is 9.01. The van der Waals surface area contributed by atoms with Gasteiger partial charge in [-0.2, -0.15) is 0 Å². The second-order valence-electron chi connectivity index (χ2n) is 6.70. The summed E-state index contributed by atoms with van der Waals surface area (Å²) in [5, 5.41) is 2.71. The zero-order chi connectivity index (χ0) is 20.5. The van der Waals surface area contributed by atoms with Gasteiger partial charge < -0.3 is 5.32 Å². The minimum Gasteiger partial charge on any atom is -0.340 e. The quantitative estimate of drug-likeness (QED) is 0.493. The van der Waals surface area contributed by atoms with Crippen molar-refractivity contribution in [1.29, 1.82) is 0 Å². The highest BCUT2D eigenvalue weighted by molar-refractivity contribution is 8.00. The van der Waals surface area contributed by atoms with Gasteiger partial charge in [-0.25, -0.2) is 0 Å². The topological polar surface area (TPSA) is 87.3 Å².